The molecule has 0 fully saturated rings. The maximum atomic E-state index is 10.9. The highest BCUT2D eigenvalue weighted by Gasteiger charge is 2.17. The van der Waals surface area contributed by atoms with Crippen LogP contribution in [0, 0.1) is 12.8 Å². The number of carboxylic acid groups (broad SMARTS) is 1. The monoisotopic (exact) mass is 446 g/mol. The minimum Gasteiger partial charge on any atom is -0.478 e. The van der Waals surface area contributed by atoms with Gasteiger partial charge in [0.15, 0.2) is 0 Å². The topological polar surface area (TPSA) is 76.2 Å². The Morgan fingerprint density at radius 3 is 2.37 bits per heavy atom. The van der Waals surface area contributed by atoms with Crippen LogP contribution >= 0.6 is 24.8 Å². The quantitative estimate of drug-likeness (QED) is 0.468. The zero-order valence-electron chi connectivity index (χ0n) is 17.4. The number of carboxylic acids is 1. The molecule has 3 aromatic rings. The third-order valence-corrected chi connectivity index (χ3v) is 4.76. The lowest BCUT2D eigenvalue weighted by molar-refractivity contribution is -0.131. The molecule has 30 heavy (non-hydrogen) atoms. The molecule has 0 spiro atoms. The van der Waals surface area contributed by atoms with E-state index in [1.54, 1.807) is 6.08 Å². The van der Waals surface area contributed by atoms with Crippen molar-refractivity contribution in [3.8, 4) is 11.1 Å². The first-order valence-electron chi connectivity index (χ1n) is 9.52. The van der Waals surface area contributed by atoms with Crippen LogP contribution in [0.15, 0.2) is 48.5 Å². The Bertz CT molecular complexity index is 1050. The largest absolute Gasteiger partial charge is 0.478 e. The molecular weight excluding hydrogens is 419 g/mol. The van der Waals surface area contributed by atoms with E-state index in [0.717, 1.165) is 51.3 Å². The molecule has 0 saturated carbocycles. The molecule has 0 unspecified atom stereocenters. The Kier molecular flexibility index (Phi) is 9.50. The van der Waals surface area contributed by atoms with E-state index >= 15 is 0 Å². The molecule has 160 valence electrons. The molecule has 6 heteroatoms. The fourth-order valence-electron chi connectivity index (χ4n) is 3.47. The predicted molar refractivity (Wildman–Crippen MR) is 130 cm³/mol. The van der Waals surface area contributed by atoms with Gasteiger partial charge in [-0.15, -0.1) is 24.8 Å². The highest BCUT2D eigenvalue weighted by atomic mass is 35.5. The number of hydrogen-bond acceptors (Lipinski definition) is 3. The minimum atomic E-state index is -0.966. The number of rotatable bonds is 6. The van der Waals surface area contributed by atoms with Gasteiger partial charge < -0.3 is 10.8 Å². The van der Waals surface area contributed by atoms with Gasteiger partial charge in [0, 0.05) is 23.7 Å². The molecule has 0 aliphatic carbocycles. The fraction of sp³-hybridized carbons (Fsp3) is 0.250. The van der Waals surface area contributed by atoms with Crippen molar-refractivity contribution in [2.24, 2.45) is 11.7 Å². The van der Waals surface area contributed by atoms with Gasteiger partial charge in [0.2, 0.25) is 0 Å². The van der Waals surface area contributed by atoms with Gasteiger partial charge in [-0.2, -0.15) is 0 Å². The van der Waals surface area contributed by atoms with Crippen LogP contribution in [0.2, 0.25) is 0 Å². The number of nitrogens with two attached hydrogens (primary N) is 1. The summed E-state index contributed by atoms with van der Waals surface area (Å²) in [4.78, 5) is 15.8. The highest BCUT2D eigenvalue weighted by molar-refractivity contribution is 5.98. The molecule has 4 nitrogen and oxygen atoms in total. The van der Waals surface area contributed by atoms with Gasteiger partial charge in [-0.05, 0) is 59.7 Å². The first-order valence-corrected chi connectivity index (χ1v) is 9.52. The van der Waals surface area contributed by atoms with Crippen molar-refractivity contribution in [3.63, 3.8) is 0 Å². The number of aromatic nitrogens is 1. The van der Waals surface area contributed by atoms with Crippen LogP contribution in [0.1, 0.15) is 36.2 Å². The molecular formula is C24H28Cl2N2O2. The predicted octanol–water partition coefficient (Wildman–Crippen LogP) is 5.81. The highest BCUT2D eigenvalue weighted by Crippen LogP contribution is 2.34. The van der Waals surface area contributed by atoms with Gasteiger partial charge in [-0.1, -0.05) is 49.7 Å². The van der Waals surface area contributed by atoms with Crippen molar-refractivity contribution >= 4 is 47.8 Å². The Morgan fingerprint density at radius 2 is 1.80 bits per heavy atom. The van der Waals surface area contributed by atoms with E-state index < -0.39 is 5.97 Å². The van der Waals surface area contributed by atoms with E-state index in [1.807, 2.05) is 18.2 Å². The second-order valence-electron chi connectivity index (χ2n) is 7.53. The summed E-state index contributed by atoms with van der Waals surface area (Å²) < 4.78 is 0. The molecule has 0 saturated heterocycles. The molecule has 1 aromatic heterocycles. The minimum absolute atomic E-state index is 0. The molecule has 0 atom stereocenters. The number of nitrogens with zero attached hydrogens (tertiary/aromatic N) is 1. The van der Waals surface area contributed by atoms with E-state index in [4.69, 9.17) is 15.8 Å². The Hall–Kier alpha value is -2.40. The molecule has 0 aliphatic rings. The van der Waals surface area contributed by atoms with E-state index in [0.29, 0.717) is 12.5 Å². The summed E-state index contributed by atoms with van der Waals surface area (Å²) in [5.74, 6) is -0.495. The maximum absolute atomic E-state index is 10.9. The lowest BCUT2D eigenvalue weighted by atomic mass is 9.90. The van der Waals surface area contributed by atoms with Crippen LogP contribution in [-0.2, 0) is 17.8 Å². The van der Waals surface area contributed by atoms with Crippen molar-refractivity contribution in [3.05, 3.63) is 70.9 Å². The Morgan fingerprint density at radius 1 is 1.13 bits per heavy atom. The first-order chi connectivity index (χ1) is 13.4. The van der Waals surface area contributed by atoms with Crippen LogP contribution in [0.25, 0.3) is 28.1 Å². The van der Waals surface area contributed by atoms with Gasteiger partial charge in [0.1, 0.15) is 0 Å². The number of carbonyl (C=O) groups is 1. The third kappa shape index (κ3) is 5.82. The SMILES string of the molecule is Cc1ccc(-c2c(CN)c(CC(C)C)nc3ccc(/C=C/C(=O)O)cc23)cc1.Cl.Cl. The summed E-state index contributed by atoms with van der Waals surface area (Å²) in [6, 6.07) is 14.3. The summed E-state index contributed by atoms with van der Waals surface area (Å²) >= 11 is 0. The average molecular weight is 447 g/mol. The van der Waals surface area contributed by atoms with Crippen LogP contribution in [0.5, 0.6) is 0 Å². The number of fused-ring (bicyclic) bond motifs is 1. The molecule has 1 heterocycles. The zero-order valence-corrected chi connectivity index (χ0v) is 19.0. The second-order valence-corrected chi connectivity index (χ2v) is 7.53. The van der Waals surface area contributed by atoms with Crippen molar-refractivity contribution in [2.75, 3.05) is 0 Å². The molecule has 0 amide bonds. The molecule has 3 N–H and O–H groups in total. The molecule has 3 rings (SSSR count). The maximum Gasteiger partial charge on any atom is 0.328 e. The summed E-state index contributed by atoms with van der Waals surface area (Å²) in [5.41, 5.74) is 13.4. The van der Waals surface area contributed by atoms with Gasteiger partial charge in [-0.3, -0.25) is 4.98 Å². The normalized spacial score (nSPS) is 10.8. The van der Waals surface area contributed by atoms with Crippen molar-refractivity contribution in [1.29, 1.82) is 0 Å². The molecule has 0 aliphatic heterocycles. The standard InChI is InChI=1S/C24H26N2O2.2ClH/c1-15(2)12-22-20(14-25)24(18-8-4-16(3)5-9-18)19-13-17(7-11-23(27)28)6-10-21(19)26-22;;/h4-11,13,15H,12,14,25H2,1-3H3,(H,27,28);2*1H/b11-7+;;. The average Bonchev–Trinajstić information content (AvgIpc) is 2.65. The summed E-state index contributed by atoms with van der Waals surface area (Å²) in [5, 5.41) is 9.92. The van der Waals surface area contributed by atoms with Crippen LogP contribution in [0.4, 0.5) is 0 Å². The number of aryl methyl sites for hydroxylation is 1. The smallest absolute Gasteiger partial charge is 0.328 e. The number of hydrogen-bond donors (Lipinski definition) is 2. The van der Waals surface area contributed by atoms with Gasteiger partial charge >= 0.3 is 5.97 Å². The Balaban J connectivity index is 0.00000225. The second kappa shape index (κ2) is 11.1. The summed E-state index contributed by atoms with van der Waals surface area (Å²) in [6.45, 7) is 6.83. The number of aliphatic carboxylic acids is 1. The van der Waals surface area contributed by atoms with E-state index in [-0.39, 0.29) is 24.8 Å². The van der Waals surface area contributed by atoms with E-state index in [2.05, 4.69) is 45.0 Å². The number of pyridine rings is 1. The van der Waals surface area contributed by atoms with E-state index in [1.165, 1.54) is 5.56 Å². The molecule has 0 bridgehead atoms. The fourth-order valence-corrected chi connectivity index (χ4v) is 3.47. The first kappa shape index (κ1) is 25.6. The Labute approximate surface area is 190 Å². The van der Waals surface area contributed by atoms with Crippen molar-refractivity contribution in [2.45, 2.75) is 33.7 Å². The van der Waals surface area contributed by atoms with Crippen LogP contribution in [0.3, 0.4) is 0 Å². The van der Waals surface area contributed by atoms with Crippen LogP contribution < -0.4 is 5.73 Å². The number of benzene rings is 2. The van der Waals surface area contributed by atoms with Gasteiger partial charge in [-0.25, -0.2) is 4.79 Å². The van der Waals surface area contributed by atoms with Gasteiger partial charge in [0.05, 0.1) is 5.52 Å². The lowest BCUT2D eigenvalue weighted by Crippen LogP contribution is -2.10. The molecule has 2 aromatic carbocycles. The van der Waals surface area contributed by atoms with Gasteiger partial charge in [0.25, 0.3) is 0 Å². The van der Waals surface area contributed by atoms with E-state index in [9.17, 15) is 4.79 Å². The van der Waals surface area contributed by atoms with Crippen molar-refractivity contribution < 1.29 is 9.90 Å². The lowest BCUT2D eigenvalue weighted by Gasteiger charge is -2.18. The summed E-state index contributed by atoms with van der Waals surface area (Å²) in [7, 11) is 0. The molecule has 0 radical (unpaired) electrons. The zero-order chi connectivity index (χ0) is 20.3. The summed E-state index contributed by atoms with van der Waals surface area (Å²) in [6.07, 6.45) is 3.62. The van der Waals surface area contributed by atoms with Crippen LogP contribution in [-0.4, -0.2) is 16.1 Å². The third-order valence-electron chi connectivity index (χ3n) is 4.76. The van der Waals surface area contributed by atoms with Crippen molar-refractivity contribution in [1.82, 2.24) is 4.98 Å². The number of halogens is 2.